The van der Waals surface area contributed by atoms with Gasteiger partial charge in [0, 0.05) is 24.0 Å². The number of rotatable bonds is 3. The average Bonchev–Trinajstić information content (AvgIpc) is 2.90. The molecule has 0 bridgehead atoms. The summed E-state index contributed by atoms with van der Waals surface area (Å²) in [6, 6.07) is 3.90. The van der Waals surface area contributed by atoms with Gasteiger partial charge in [-0.1, -0.05) is 0 Å². The van der Waals surface area contributed by atoms with Crippen LogP contribution in [0.25, 0.3) is 11.2 Å². The zero-order valence-corrected chi connectivity index (χ0v) is 11.7. The van der Waals surface area contributed by atoms with Crippen molar-refractivity contribution in [3.63, 3.8) is 0 Å². The third kappa shape index (κ3) is 2.31. The second-order valence-electron chi connectivity index (χ2n) is 4.52. The number of anilines is 1. The summed E-state index contributed by atoms with van der Waals surface area (Å²) < 4.78 is 1.96. The lowest BCUT2D eigenvalue weighted by atomic mass is 10.3. The van der Waals surface area contributed by atoms with Crippen molar-refractivity contribution >= 4 is 28.4 Å². The fourth-order valence-corrected chi connectivity index (χ4v) is 2.73. The van der Waals surface area contributed by atoms with Gasteiger partial charge in [0.2, 0.25) is 5.95 Å². The van der Waals surface area contributed by atoms with Gasteiger partial charge in [0.15, 0.2) is 5.65 Å². The number of thiazole rings is 1. The van der Waals surface area contributed by atoms with Crippen molar-refractivity contribution in [2.75, 3.05) is 5.73 Å². The third-order valence-corrected chi connectivity index (χ3v) is 3.84. The minimum atomic E-state index is 0.514. The summed E-state index contributed by atoms with van der Waals surface area (Å²) >= 11 is 1.67. The van der Waals surface area contributed by atoms with E-state index in [1.807, 2.05) is 30.5 Å². The molecular weight excluding hydrogens is 258 g/mol. The van der Waals surface area contributed by atoms with Gasteiger partial charge in [0.25, 0.3) is 0 Å². The molecule has 0 saturated carbocycles. The van der Waals surface area contributed by atoms with Crippen molar-refractivity contribution in [2.45, 2.75) is 26.8 Å². The summed E-state index contributed by atoms with van der Waals surface area (Å²) in [7, 11) is 0. The molecule has 0 fully saturated rings. The summed E-state index contributed by atoms with van der Waals surface area (Å²) in [6.45, 7) is 4.73. The summed E-state index contributed by atoms with van der Waals surface area (Å²) in [6.07, 6.45) is 0.843. The number of pyridine rings is 1. The Labute approximate surface area is 115 Å². The Kier molecular flexibility index (Phi) is 2.94. The average molecular weight is 273 g/mol. The molecule has 0 aliphatic heterocycles. The number of nitrogens with zero attached hydrogens (tertiary/aromatic N) is 4. The number of fused-ring (bicyclic) bond motifs is 1. The number of nitrogen functional groups attached to an aromatic ring is 1. The van der Waals surface area contributed by atoms with Crippen LogP contribution in [0.15, 0.2) is 17.5 Å². The van der Waals surface area contributed by atoms with E-state index in [-0.39, 0.29) is 0 Å². The molecule has 3 rings (SSSR count). The van der Waals surface area contributed by atoms with Gasteiger partial charge < -0.3 is 5.73 Å². The molecular formula is C13H15N5S. The maximum atomic E-state index is 5.97. The Morgan fingerprint density at radius 3 is 2.79 bits per heavy atom. The van der Waals surface area contributed by atoms with E-state index >= 15 is 0 Å². The first-order chi connectivity index (χ1) is 9.13. The van der Waals surface area contributed by atoms with Crippen LogP contribution in [-0.4, -0.2) is 19.5 Å². The summed E-state index contributed by atoms with van der Waals surface area (Å²) in [5.74, 6) is 0.514. The Bertz CT molecular complexity index is 728. The number of aryl methyl sites for hydroxylation is 4. The molecule has 0 aromatic carbocycles. The summed E-state index contributed by atoms with van der Waals surface area (Å²) in [5.41, 5.74) is 9.73. The van der Waals surface area contributed by atoms with Crippen LogP contribution in [0.5, 0.6) is 0 Å². The van der Waals surface area contributed by atoms with Crippen LogP contribution in [0.4, 0.5) is 5.95 Å². The van der Waals surface area contributed by atoms with Crippen LogP contribution in [0.1, 0.15) is 16.4 Å². The second kappa shape index (κ2) is 4.62. The topological polar surface area (TPSA) is 69.6 Å². The Morgan fingerprint density at radius 1 is 1.21 bits per heavy atom. The lowest BCUT2D eigenvalue weighted by Gasteiger charge is -2.04. The highest BCUT2D eigenvalue weighted by molar-refractivity contribution is 7.09. The first-order valence-electron chi connectivity index (χ1n) is 6.14. The van der Waals surface area contributed by atoms with Gasteiger partial charge in [0.1, 0.15) is 5.52 Å². The monoisotopic (exact) mass is 273 g/mol. The van der Waals surface area contributed by atoms with Crippen LogP contribution in [-0.2, 0) is 13.0 Å². The van der Waals surface area contributed by atoms with Gasteiger partial charge in [-0.05, 0) is 26.0 Å². The van der Waals surface area contributed by atoms with E-state index in [0.29, 0.717) is 5.95 Å². The molecule has 0 spiro atoms. The van der Waals surface area contributed by atoms with E-state index < -0.39 is 0 Å². The van der Waals surface area contributed by atoms with Gasteiger partial charge >= 0.3 is 0 Å². The highest BCUT2D eigenvalue weighted by Crippen LogP contribution is 2.17. The fraction of sp³-hybridized carbons (Fsp3) is 0.308. The van der Waals surface area contributed by atoms with Crippen molar-refractivity contribution in [3.05, 3.63) is 33.9 Å². The maximum absolute atomic E-state index is 5.97. The molecule has 98 valence electrons. The van der Waals surface area contributed by atoms with Gasteiger partial charge in [-0.25, -0.2) is 15.0 Å². The highest BCUT2D eigenvalue weighted by Gasteiger charge is 2.10. The molecule has 0 unspecified atom stereocenters. The first-order valence-corrected chi connectivity index (χ1v) is 7.02. The number of hydrogen-bond donors (Lipinski definition) is 1. The number of hydrogen-bond acceptors (Lipinski definition) is 5. The van der Waals surface area contributed by atoms with E-state index in [0.717, 1.165) is 40.5 Å². The third-order valence-electron chi connectivity index (χ3n) is 3.02. The second-order valence-corrected chi connectivity index (χ2v) is 5.59. The van der Waals surface area contributed by atoms with E-state index in [1.54, 1.807) is 11.3 Å². The standard InChI is InChI=1S/C13H15N5S/c1-8-3-4-11-12(15-8)18(13(14)17-11)6-5-10-7-19-9(2)16-10/h3-4,7H,5-6H2,1-2H3,(H2,14,17). The molecule has 3 heterocycles. The van der Waals surface area contributed by atoms with Gasteiger partial charge in [0.05, 0.1) is 10.7 Å². The maximum Gasteiger partial charge on any atom is 0.202 e. The molecule has 3 aromatic heterocycles. The predicted octanol–water partition coefficient (Wildman–Crippen LogP) is 2.33. The zero-order chi connectivity index (χ0) is 13.4. The number of aromatic nitrogens is 4. The number of nitrogens with two attached hydrogens (primary N) is 1. The summed E-state index contributed by atoms with van der Waals surface area (Å²) in [4.78, 5) is 13.3. The van der Waals surface area contributed by atoms with Crippen molar-refractivity contribution in [3.8, 4) is 0 Å². The lowest BCUT2D eigenvalue weighted by molar-refractivity contribution is 0.708. The molecule has 0 atom stereocenters. The number of imidazole rings is 1. The molecule has 6 heteroatoms. The van der Waals surface area contributed by atoms with E-state index in [4.69, 9.17) is 5.73 Å². The molecule has 0 aliphatic carbocycles. The Balaban J connectivity index is 1.91. The Morgan fingerprint density at radius 2 is 2.05 bits per heavy atom. The molecule has 0 amide bonds. The molecule has 0 saturated heterocycles. The van der Waals surface area contributed by atoms with E-state index in [1.165, 1.54) is 0 Å². The molecule has 2 N–H and O–H groups in total. The van der Waals surface area contributed by atoms with Crippen LogP contribution in [0.2, 0.25) is 0 Å². The molecule has 19 heavy (non-hydrogen) atoms. The van der Waals surface area contributed by atoms with Crippen LogP contribution in [0, 0.1) is 13.8 Å². The van der Waals surface area contributed by atoms with E-state index in [2.05, 4.69) is 20.3 Å². The van der Waals surface area contributed by atoms with Crippen LogP contribution >= 0.6 is 11.3 Å². The Hall–Kier alpha value is -1.95. The minimum Gasteiger partial charge on any atom is -0.369 e. The summed E-state index contributed by atoms with van der Waals surface area (Å²) in [5, 5.41) is 3.18. The van der Waals surface area contributed by atoms with Crippen molar-refractivity contribution in [2.24, 2.45) is 0 Å². The molecule has 3 aromatic rings. The van der Waals surface area contributed by atoms with Crippen LogP contribution < -0.4 is 5.73 Å². The normalized spacial score (nSPS) is 11.3. The quantitative estimate of drug-likeness (QED) is 0.795. The van der Waals surface area contributed by atoms with Gasteiger partial charge in [-0.15, -0.1) is 11.3 Å². The predicted molar refractivity (Wildman–Crippen MR) is 77.2 cm³/mol. The van der Waals surface area contributed by atoms with Gasteiger partial charge in [-0.2, -0.15) is 0 Å². The molecule has 5 nitrogen and oxygen atoms in total. The van der Waals surface area contributed by atoms with Gasteiger partial charge in [-0.3, -0.25) is 4.57 Å². The minimum absolute atomic E-state index is 0.514. The zero-order valence-electron chi connectivity index (χ0n) is 10.9. The van der Waals surface area contributed by atoms with Crippen molar-refractivity contribution in [1.82, 2.24) is 19.5 Å². The molecule has 0 aliphatic rings. The largest absolute Gasteiger partial charge is 0.369 e. The van der Waals surface area contributed by atoms with Crippen LogP contribution in [0.3, 0.4) is 0 Å². The first kappa shape index (κ1) is 12.1. The van der Waals surface area contributed by atoms with E-state index in [9.17, 15) is 0 Å². The van der Waals surface area contributed by atoms with Crippen molar-refractivity contribution < 1.29 is 0 Å². The lowest BCUT2D eigenvalue weighted by Crippen LogP contribution is -2.06. The fourth-order valence-electron chi connectivity index (χ4n) is 2.08. The SMILES string of the molecule is Cc1ccc2nc(N)n(CCc3csc(C)n3)c2n1. The molecule has 0 radical (unpaired) electrons. The van der Waals surface area contributed by atoms with Crippen molar-refractivity contribution in [1.29, 1.82) is 0 Å². The smallest absolute Gasteiger partial charge is 0.202 e. The highest BCUT2D eigenvalue weighted by atomic mass is 32.1.